The van der Waals surface area contributed by atoms with E-state index in [1.165, 1.54) is 31.0 Å². The van der Waals surface area contributed by atoms with E-state index in [0.717, 1.165) is 5.56 Å². The van der Waals surface area contributed by atoms with E-state index in [1.54, 1.807) is 42.3 Å². The van der Waals surface area contributed by atoms with Gasteiger partial charge in [-0.3, -0.25) is 19.8 Å². The fourth-order valence-corrected chi connectivity index (χ4v) is 3.84. The molecule has 1 aliphatic heterocycles. The number of carbonyl (C=O) groups excluding carboxylic acids is 1. The number of hydrogen-bond acceptors (Lipinski definition) is 6. The highest BCUT2D eigenvalue weighted by Gasteiger charge is 2.35. The fraction of sp³-hybridized carbons (Fsp3) is 0.235. The number of anilines is 1. The Kier molecular flexibility index (Phi) is 4.80. The number of amides is 1. The molecule has 1 fully saturated rings. The maximum absolute atomic E-state index is 12.5. The lowest BCUT2D eigenvalue weighted by Crippen LogP contribution is -2.28. The van der Waals surface area contributed by atoms with Crippen LogP contribution in [0.4, 0.5) is 11.4 Å². The Balaban J connectivity index is 1.99. The summed E-state index contributed by atoms with van der Waals surface area (Å²) < 4.78 is 10.6. The summed E-state index contributed by atoms with van der Waals surface area (Å²) in [7, 11) is 3.10. The van der Waals surface area contributed by atoms with E-state index in [2.05, 4.69) is 0 Å². The highest BCUT2D eigenvalue weighted by molar-refractivity contribution is 8.00. The molecule has 0 bridgehead atoms. The molecule has 1 amide bonds. The zero-order chi connectivity index (χ0) is 18.0. The first-order valence-electron chi connectivity index (χ1n) is 7.45. The Morgan fingerprint density at radius 2 is 1.88 bits per heavy atom. The quantitative estimate of drug-likeness (QED) is 0.600. The lowest BCUT2D eigenvalue weighted by atomic mass is 10.1. The Hall–Kier alpha value is -2.74. The molecule has 0 spiro atoms. The molecule has 2 aromatic carbocycles. The first-order chi connectivity index (χ1) is 12.0. The lowest BCUT2D eigenvalue weighted by Gasteiger charge is -2.26. The summed E-state index contributed by atoms with van der Waals surface area (Å²) in [4.78, 5) is 24.5. The summed E-state index contributed by atoms with van der Waals surface area (Å²) in [6.07, 6.45) is 0. The molecule has 1 atom stereocenters. The number of hydrogen-bond donors (Lipinski definition) is 0. The van der Waals surface area contributed by atoms with Gasteiger partial charge in [-0.05, 0) is 29.8 Å². The summed E-state index contributed by atoms with van der Waals surface area (Å²) >= 11 is 1.47. The molecule has 7 nitrogen and oxygen atoms in total. The van der Waals surface area contributed by atoms with Gasteiger partial charge in [-0.1, -0.05) is 0 Å². The van der Waals surface area contributed by atoms with Crippen LogP contribution < -0.4 is 14.4 Å². The second-order valence-corrected chi connectivity index (χ2v) is 6.38. The van der Waals surface area contributed by atoms with Gasteiger partial charge in [0.2, 0.25) is 5.91 Å². The monoisotopic (exact) mass is 360 g/mol. The molecule has 1 aliphatic rings. The Bertz CT molecular complexity index is 809. The molecule has 0 N–H and O–H groups in total. The third kappa shape index (κ3) is 3.25. The number of benzene rings is 2. The minimum absolute atomic E-state index is 0.0200. The summed E-state index contributed by atoms with van der Waals surface area (Å²) in [5.74, 6) is 1.45. The van der Waals surface area contributed by atoms with Crippen LogP contribution in [-0.2, 0) is 4.79 Å². The topological polar surface area (TPSA) is 81.9 Å². The van der Waals surface area contributed by atoms with Gasteiger partial charge >= 0.3 is 0 Å². The van der Waals surface area contributed by atoms with Crippen molar-refractivity contribution in [2.45, 2.75) is 5.37 Å². The second-order valence-electron chi connectivity index (χ2n) is 5.31. The largest absolute Gasteiger partial charge is 0.497 e. The van der Waals surface area contributed by atoms with Crippen molar-refractivity contribution in [3.05, 3.63) is 58.1 Å². The zero-order valence-electron chi connectivity index (χ0n) is 13.7. The van der Waals surface area contributed by atoms with Gasteiger partial charge in [0.05, 0.1) is 30.6 Å². The van der Waals surface area contributed by atoms with Crippen molar-refractivity contribution in [3.8, 4) is 11.5 Å². The molecular weight excluding hydrogens is 344 g/mol. The van der Waals surface area contributed by atoms with Gasteiger partial charge in [-0.2, -0.15) is 0 Å². The van der Waals surface area contributed by atoms with Crippen LogP contribution in [0.1, 0.15) is 10.9 Å². The third-order valence-corrected chi connectivity index (χ3v) is 5.12. The van der Waals surface area contributed by atoms with Gasteiger partial charge < -0.3 is 9.47 Å². The van der Waals surface area contributed by atoms with Crippen LogP contribution in [0.15, 0.2) is 42.5 Å². The van der Waals surface area contributed by atoms with Gasteiger partial charge in [0.15, 0.2) is 0 Å². The van der Waals surface area contributed by atoms with Crippen molar-refractivity contribution in [1.82, 2.24) is 0 Å². The Morgan fingerprint density at radius 3 is 2.48 bits per heavy atom. The molecule has 1 heterocycles. The minimum Gasteiger partial charge on any atom is -0.497 e. The smallest absolute Gasteiger partial charge is 0.269 e. The summed E-state index contributed by atoms with van der Waals surface area (Å²) in [6, 6.07) is 11.5. The van der Waals surface area contributed by atoms with Gasteiger partial charge in [-0.25, -0.2) is 0 Å². The first-order valence-corrected chi connectivity index (χ1v) is 8.50. The van der Waals surface area contributed by atoms with E-state index >= 15 is 0 Å². The van der Waals surface area contributed by atoms with E-state index in [-0.39, 0.29) is 17.0 Å². The van der Waals surface area contributed by atoms with Gasteiger partial charge in [-0.15, -0.1) is 11.8 Å². The highest BCUT2D eigenvalue weighted by Crippen LogP contribution is 2.45. The molecule has 0 radical (unpaired) electrons. The number of nitrogens with zero attached hydrogens (tertiary/aromatic N) is 2. The number of methoxy groups -OCH3 is 2. The standard InChI is InChI=1S/C17H16N2O5S/c1-23-13-7-8-14(15(9-13)24-2)18-16(20)10-25-17(18)11-3-5-12(6-4-11)19(21)22/h3-9,17H,10H2,1-2H3. The molecule has 0 aromatic heterocycles. The van der Waals surface area contributed by atoms with Crippen LogP contribution in [0.25, 0.3) is 0 Å². The third-order valence-electron chi connectivity index (χ3n) is 3.90. The summed E-state index contributed by atoms with van der Waals surface area (Å²) in [5, 5.41) is 10.6. The zero-order valence-corrected chi connectivity index (χ0v) is 14.5. The average Bonchev–Trinajstić information content (AvgIpc) is 3.02. The highest BCUT2D eigenvalue weighted by atomic mass is 32.2. The molecule has 3 rings (SSSR count). The molecule has 0 saturated carbocycles. The number of nitro benzene ring substituents is 1. The van der Waals surface area contributed by atoms with E-state index in [1.807, 2.05) is 0 Å². The normalized spacial score (nSPS) is 16.8. The van der Waals surface area contributed by atoms with Gasteiger partial charge in [0.25, 0.3) is 5.69 Å². The molecule has 130 valence electrons. The van der Waals surface area contributed by atoms with Crippen molar-refractivity contribution in [2.24, 2.45) is 0 Å². The van der Waals surface area contributed by atoms with E-state index < -0.39 is 4.92 Å². The molecule has 1 unspecified atom stereocenters. The lowest BCUT2D eigenvalue weighted by molar-refractivity contribution is -0.384. The molecule has 8 heteroatoms. The number of thioether (sulfide) groups is 1. The SMILES string of the molecule is COc1ccc(N2C(=O)CSC2c2ccc([N+](=O)[O-])cc2)c(OC)c1. The van der Waals surface area contributed by atoms with E-state index in [9.17, 15) is 14.9 Å². The van der Waals surface area contributed by atoms with Gasteiger partial charge in [0.1, 0.15) is 16.9 Å². The maximum atomic E-state index is 12.5. The number of nitro groups is 1. The second kappa shape index (κ2) is 7.02. The molecular formula is C17H16N2O5S. The number of carbonyl (C=O) groups is 1. The number of ether oxygens (including phenoxy) is 2. The first kappa shape index (κ1) is 17.1. The summed E-state index contributed by atoms with van der Waals surface area (Å²) in [5.41, 5.74) is 1.48. The molecule has 0 aliphatic carbocycles. The van der Waals surface area contributed by atoms with Crippen molar-refractivity contribution < 1.29 is 19.2 Å². The van der Waals surface area contributed by atoms with Crippen molar-refractivity contribution in [1.29, 1.82) is 0 Å². The van der Waals surface area contributed by atoms with Crippen LogP contribution in [0.5, 0.6) is 11.5 Å². The molecule has 1 saturated heterocycles. The Morgan fingerprint density at radius 1 is 1.16 bits per heavy atom. The molecule has 2 aromatic rings. The van der Waals surface area contributed by atoms with Crippen LogP contribution >= 0.6 is 11.8 Å². The Labute approximate surface area is 148 Å². The molecule has 25 heavy (non-hydrogen) atoms. The van der Waals surface area contributed by atoms with Gasteiger partial charge in [0, 0.05) is 18.2 Å². The summed E-state index contributed by atoms with van der Waals surface area (Å²) in [6.45, 7) is 0. The van der Waals surface area contributed by atoms with E-state index in [0.29, 0.717) is 22.9 Å². The van der Waals surface area contributed by atoms with Crippen molar-refractivity contribution >= 4 is 29.0 Å². The van der Waals surface area contributed by atoms with Crippen LogP contribution in [-0.4, -0.2) is 30.8 Å². The number of rotatable bonds is 5. The number of non-ortho nitro benzene ring substituents is 1. The van der Waals surface area contributed by atoms with Crippen LogP contribution in [0, 0.1) is 10.1 Å². The van der Waals surface area contributed by atoms with Crippen molar-refractivity contribution in [3.63, 3.8) is 0 Å². The van der Waals surface area contributed by atoms with Crippen molar-refractivity contribution in [2.75, 3.05) is 24.9 Å². The fourth-order valence-electron chi connectivity index (χ4n) is 2.68. The minimum atomic E-state index is -0.443. The predicted molar refractivity (Wildman–Crippen MR) is 95.3 cm³/mol. The predicted octanol–water partition coefficient (Wildman–Crippen LogP) is 3.39. The van der Waals surface area contributed by atoms with E-state index in [4.69, 9.17) is 9.47 Å². The maximum Gasteiger partial charge on any atom is 0.269 e. The average molecular weight is 360 g/mol. The van der Waals surface area contributed by atoms with Crippen LogP contribution in [0.3, 0.4) is 0 Å². The van der Waals surface area contributed by atoms with Crippen LogP contribution in [0.2, 0.25) is 0 Å².